The van der Waals surface area contributed by atoms with Gasteiger partial charge in [-0.15, -0.1) is 0 Å². The van der Waals surface area contributed by atoms with Gasteiger partial charge in [-0.3, -0.25) is 0 Å². The number of rotatable bonds is 13. The summed E-state index contributed by atoms with van der Waals surface area (Å²) in [6.45, 7) is 33.5. The molecule has 0 spiro atoms. The second-order valence-corrected chi connectivity index (χ2v) is 15.6. The molecule has 8 nitrogen and oxygen atoms in total. The summed E-state index contributed by atoms with van der Waals surface area (Å²) in [6, 6.07) is 0.769. The van der Waals surface area contributed by atoms with E-state index in [-0.39, 0.29) is 21.9 Å². The second kappa shape index (κ2) is 13.3. The molecule has 2 atom stereocenters. The van der Waals surface area contributed by atoms with Crippen LogP contribution in [0, 0.1) is 10.8 Å². The average Bonchev–Trinajstić information content (AvgIpc) is 2.90. The van der Waals surface area contributed by atoms with Gasteiger partial charge in [0, 0.05) is 49.3 Å². The maximum atomic E-state index is 5.43. The zero-order valence-electron chi connectivity index (χ0n) is 28.8. The van der Waals surface area contributed by atoms with Crippen LogP contribution < -0.4 is 25.3 Å². The molecule has 41 heavy (non-hydrogen) atoms. The van der Waals surface area contributed by atoms with Gasteiger partial charge in [0.2, 0.25) is 17.8 Å². The SMILES string of the molecule is CCN(CC)c1nc(N(CC(C)(C)CC)C2CCNC(C)(C)C2)nc(N(CC(C)(C)CC)C2CCNC(C)(C)C2)n1. The van der Waals surface area contributed by atoms with Gasteiger partial charge >= 0.3 is 0 Å². The van der Waals surface area contributed by atoms with Gasteiger partial charge < -0.3 is 25.3 Å². The van der Waals surface area contributed by atoms with E-state index in [4.69, 9.17) is 15.0 Å². The summed E-state index contributed by atoms with van der Waals surface area (Å²) in [5.74, 6) is 2.53. The quantitative estimate of drug-likeness (QED) is 0.287. The summed E-state index contributed by atoms with van der Waals surface area (Å²) < 4.78 is 0. The lowest BCUT2D eigenvalue weighted by molar-refractivity contribution is 0.245. The molecule has 2 fully saturated rings. The van der Waals surface area contributed by atoms with E-state index in [9.17, 15) is 0 Å². The van der Waals surface area contributed by atoms with Crippen molar-refractivity contribution in [2.24, 2.45) is 10.8 Å². The first kappa shape index (κ1) is 33.8. The lowest BCUT2D eigenvalue weighted by Gasteiger charge is -2.46. The average molecular weight is 573 g/mol. The number of nitrogens with zero attached hydrogens (tertiary/aromatic N) is 6. The summed E-state index contributed by atoms with van der Waals surface area (Å²) in [5, 5.41) is 7.46. The van der Waals surface area contributed by atoms with Crippen LogP contribution in [-0.4, -0.2) is 77.4 Å². The Hall–Kier alpha value is -1.67. The number of piperidine rings is 2. The monoisotopic (exact) mass is 573 g/mol. The van der Waals surface area contributed by atoms with Crippen molar-refractivity contribution < 1.29 is 0 Å². The summed E-state index contributed by atoms with van der Waals surface area (Å²) in [7, 11) is 0. The van der Waals surface area contributed by atoms with Crippen molar-refractivity contribution >= 4 is 17.8 Å². The van der Waals surface area contributed by atoms with Crippen LogP contribution in [0.3, 0.4) is 0 Å². The molecule has 8 heteroatoms. The highest BCUT2D eigenvalue weighted by Crippen LogP contribution is 2.35. The molecule has 0 amide bonds. The topological polar surface area (TPSA) is 72.5 Å². The van der Waals surface area contributed by atoms with Crippen molar-refractivity contribution in [3.05, 3.63) is 0 Å². The zero-order chi connectivity index (χ0) is 30.6. The molecule has 2 saturated heterocycles. The highest BCUT2D eigenvalue weighted by molar-refractivity contribution is 5.48. The smallest absolute Gasteiger partial charge is 0.232 e. The third kappa shape index (κ3) is 9.16. The maximum absolute atomic E-state index is 5.43. The predicted molar refractivity (Wildman–Crippen MR) is 176 cm³/mol. The molecule has 2 N–H and O–H groups in total. The first-order chi connectivity index (χ1) is 19.0. The van der Waals surface area contributed by atoms with E-state index in [1.807, 2.05) is 0 Å². The zero-order valence-corrected chi connectivity index (χ0v) is 28.8. The van der Waals surface area contributed by atoms with Crippen LogP contribution in [0.1, 0.15) is 122 Å². The Balaban J connectivity index is 2.19. The minimum atomic E-state index is 0.0902. The molecule has 1 aromatic heterocycles. The number of nitrogens with one attached hydrogen (secondary N) is 2. The van der Waals surface area contributed by atoms with Crippen molar-refractivity contribution in [1.82, 2.24) is 25.6 Å². The van der Waals surface area contributed by atoms with E-state index >= 15 is 0 Å². The number of aromatic nitrogens is 3. The fraction of sp³-hybridized carbons (Fsp3) is 0.909. The molecule has 3 heterocycles. The molecule has 0 aliphatic carbocycles. The van der Waals surface area contributed by atoms with Gasteiger partial charge in [0.05, 0.1) is 0 Å². The standard InChI is InChI=1S/C33H64N8/c1-13-30(5,6)23-40(25-17-19-34-32(9,10)21-25)28-36-27(39(15-3)16-4)37-29(38-28)41(24-31(7,8)14-2)26-18-20-35-33(11,12)22-26/h25-26,34-35H,13-24H2,1-12H3. The molecule has 0 radical (unpaired) electrons. The van der Waals surface area contributed by atoms with Crippen LogP contribution in [0.15, 0.2) is 0 Å². The highest BCUT2D eigenvalue weighted by atomic mass is 15.4. The summed E-state index contributed by atoms with van der Waals surface area (Å²) >= 11 is 0. The second-order valence-electron chi connectivity index (χ2n) is 15.6. The minimum absolute atomic E-state index is 0.0902. The van der Waals surface area contributed by atoms with Crippen LogP contribution in [0.2, 0.25) is 0 Å². The summed E-state index contributed by atoms with van der Waals surface area (Å²) in [6.07, 6.45) is 6.56. The van der Waals surface area contributed by atoms with Crippen LogP contribution in [0.4, 0.5) is 17.8 Å². The third-order valence-corrected chi connectivity index (χ3v) is 9.81. The fourth-order valence-electron chi connectivity index (χ4n) is 6.33. The molecule has 0 bridgehead atoms. The first-order valence-electron chi connectivity index (χ1n) is 16.6. The lowest BCUT2D eigenvalue weighted by atomic mass is 9.85. The molecule has 0 saturated carbocycles. The van der Waals surface area contributed by atoms with E-state index in [0.29, 0.717) is 12.1 Å². The van der Waals surface area contributed by atoms with Gasteiger partial charge in [0.15, 0.2) is 0 Å². The lowest BCUT2D eigenvalue weighted by Crippen LogP contribution is -2.56. The largest absolute Gasteiger partial charge is 0.341 e. The molecule has 2 aliphatic heterocycles. The number of hydrogen-bond donors (Lipinski definition) is 2. The van der Waals surface area contributed by atoms with E-state index in [0.717, 1.165) is 95.6 Å². The van der Waals surface area contributed by atoms with Gasteiger partial charge in [0.25, 0.3) is 0 Å². The Kier molecular flexibility index (Phi) is 11.0. The van der Waals surface area contributed by atoms with Crippen molar-refractivity contribution in [2.75, 3.05) is 54.0 Å². The van der Waals surface area contributed by atoms with Crippen LogP contribution in [0.5, 0.6) is 0 Å². The Bertz CT molecular complexity index is 900. The van der Waals surface area contributed by atoms with Gasteiger partial charge in [0.1, 0.15) is 0 Å². The molecule has 236 valence electrons. The van der Waals surface area contributed by atoms with E-state index < -0.39 is 0 Å². The number of hydrogen-bond acceptors (Lipinski definition) is 8. The number of anilines is 3. The van der Waals surface area contributed by atoms with E-state index in [1.54, 1.807) is 0 Å². The van der Waals surface area contributed by atoms with Crippen molar-refractivity contribution in [3.8, 4) is 0 Å². The molecule has 1 aromatic rings. The summed E-state index contributed by atoms with van der Waals surface area (Å²) in [5.41, 5.74) is 0.486. The molecule has 0 aromatic carbocycles. The minimum Gasteiger partial charge on any atom is -0.341 e. The van der Waals surface area contributed by atoms with Gasteiger partial charge in [-0.25, -0.2) is 0 Å². The predicted octanol–water partition coefficient (Wildman–Crippen LogP) is 6.26. The Morgan fingerprint density at radius 3 is 1.34 bits per heavy atom. The van der Waals surface area contributed by atoms with Crippen molar-refractivity contribution in [2.45, 2.75) is 145 Å². The Labute approximate surface area is 252 Å². The van der Waals surface area contributed by atoms with Crippen LogP contribution in [-0.2, 0) is 0 Å². The van der Waals surface area contributed by atoms with Gasteiger partial charge in [-0.2, -0.15) is 15.0 Å². The summed E-state index contributed by atoms with van der Waals surface area (Å²) in [4.78, 5) is 23.4. The third-order valence-electron chi connectivity index (χ3n) is 9.81. The fourth-order valence-corrected chi connectivity index (χ4v) is 6.33. The molecule has 3 rings (SSSR count). The Morgan fingerprint density at radius 1 is 0.659 bits per heavy atom. The van der Waals surface area contributed by atoms with Crippen molar-refractivity contribution in [3.63, 3.8) is 0 Å². The van der Waals surface area contributed by atoms with Crippen LogP contribution >= 0.6 is 0 Å². The molecular formula is C33H64N8. The maximum Gasteiger partial charge on any atom is 0.232 e. The molecule has 2 aliphatic rings. The molecule has 2 unspecified atom stereocenters. The van der Waals surface area contributed by atoms with Crippen LogP contribution in [0.25, 0.3) is 0 Å². The first-order valence-corrected chi connectivity index (χ1v) is 16.6. The van der Waals surface area contributed by atoms with Gasteiger partial charge in [-0.1, -0.05) is 41.5 Å². The van der Waals surface area contributed by atoms with E-state index in [2.05, 4.69) is 108 Å². The van der Waals surface area contributed by atoms with Gasteiger partial charge in [-0.05, 0) is 104 Å². The normalized spacial score (nSPS) is 22.8. The van der Waals surface area contributed by atoms with Crippen molar-refractivity contribution in [1.29, 1.82) is 0 Å². The van der Waals surface area contributed by atoms with E-state index in [1.165, 1.54) is 0 Å². The molecular weight excluding hydrogens is 508 g/mol. The Morgan fingerprint density at radius 2 is 1.02 bits per heavy atom. The highest BCUT2D eigenvalue weighted by Gasteiger charge is 2.38.